The van der Waals surface area contributed by atoms with Gasteiger partial charge in [0.15, 0.2) is 0 Å². The van der Waals surface area contributed by atoms with Gasteiger partial charge in [-0.3, -0.25) is 4.79 Å². The van der Waals surface area contributed by atoms with Crippen molar-refractivity contribution in [1.29, 1.82) is 0 Å². The highest BCUT2D eigenvalue weighted by Gasteiger charge is 2.17. The molecule has 1 saturated heterocycles. The minimum absolute atomic E-state index is 0. The Morgan fingerprint density at radius 1 is 1.36 bits per heavy atom. The first-order valence-corrected chi connectivity index (χ1v) is 7.88. The van der Waals surface area contributed by atoms with Crippen molar-refractivity contribution < 1.29 is 9.53 Å². The van der Waals surface area contributed by atoms with Crippen LogP contribution in [0.1, 0.15) is 38.2 Å². The summed E-state index contributed by atoms with van der Waals surface area (Å²) in [6.07, 6.45) is 4.02. The van der Waals surface area contributed by atoms with Crippen molar-refractivity contribution in [1.82, 2.24) is 10.2 Å². The maximum absolute atomic E-state index is 12.1. The zero-order valence-electron chi connectivity index (χ0n) is 13.5. The molecule has 0 spiro atoms. The van der Waals surface area contributed by atoms with Crippen molar-refractivity contribution in [3.8, 4) is 5.75 Å². The van der Waals surface area contributed by atoms with Gasteiger partial charge in [0.2, 0.25) is 5.91 Å². The van der Waals surface area contributed by atoms with Crippen LogP contribution >= 0.6 is 12.4 Å². The third-order valence-corrected chi connectivity index (χ3v) is 3.95. The summed E-state index contributed by atoms with van der Waals surface area (Å²) in [6.45, 7) is 4.40. The summed E-state index contributed by atoms with van der Waals surface area (Å²) in [5, 5.41) is 3.43. The molecule has 22 heavy (non-hydrogen) atoms. The van der Waals surface area contributed by atoms with Gasteiger partial charge in [0.1, 0.15) is 5.75 Å². The molecule has 1 heterocycles. The minimum atomic E-state index is 0. The van der Waals surface area contributed by atoms with Gasteiger partial charge in [0, 0.05) is 26.1 Å². The molecule has 1 fully saturated rings. The first-order valence-electron chi connectivity index (χ1n) is 7.88. The van der Waals surface area contributed by atoms with Crippen LogP contribution in [-0.4, -0.2) is 37.0 Å². The SMILES string of the molecule is CCOc1ccc(CN(C)C(=O)CCC2CCCN2)cc1.Cl. The molecule has 4 nitrogen and oxygen atoms in total. The summed E-state index contributed by atoms with van der Waals surface area (Å²) in [5.74, 6) is 1.10. The molecule has 1 atom stereocenters. The molecule has 1 aromatic carbocycles. The summed E-state index contributed by atoms with van der Waals surface area (Å²) in [4.78, 5) is 14.0. The molecule has 0 aliphatic carbocycles. The predicted octanol–water partition coefficient (Wildman–Crippen LogP) is 3.00. The number of carbonyl (C=O) groups excluding carboxylic acids is 1. The largest absolute Gasteiger partial charge is 0.494 e. The van der Waals surface area contributed by atoms with E-state index in [-0.39, 0.29) is 18.3 Å². The Morgan fingerprint density at radius 3 is 2.68 bits per heavy atom. The molecule has 1 unspecified atom stereocenters. The van der Waals surface area contributed by atoms with Gasteiger partial charge >= 0.3 is 0 Å². The van der Waals surface area contributed by atoms with Crippen molar-refractivity contribution in [3.05, 3.63) is 29.8 Å². The van der Waals surface area contributed by atoms with E-state index in [0.29, 0.717) is 25.6 Å². The van der Waals surface area contributed by atoms with E-state index in [4.69, 9.17) is 4.74 Å². The topological polar surface area (TPSA) is 41.6 Å². The van der Waals surface area contributed by atoms with E-state index in [1.54, 1.807) is 0 Å². The van der Waals surface area contributed by atoms with Crippen LogP contribution in [0.2, 0.25) is 0 Å². The number of ether oxygens (including phenoxy) is 1. The van der Waals surface area contributed by atoms with Gasteiger partial charge < -0.3 is 15.0 Å². The Balaban J connectivity index is 0.00000242. The summed E-state index contributed by atoms with van der Waals surface area (Å²) >= 11 is 0. The van der Waals surface area contributed by atoms with Gasteiger partial charge in [-0.05, 0) is 50.4 Å². The van der Waals surface area contributed by atoms with Gasteiger partial charge in [0.05, 0.1) is 6.61 Å². The summed E-state index contributed by atoms with van der Waals surface area (Å²) < 4.78 is 5.42. The van der Waals surface area contributed by atoms with E-state index in [1.807, 2.05) is 43.1 Å². The van der Waals surface area contributed by atoms with Crippen LogP contribution in [0, 0.1) is 0 Å². The second-order valence-corrected chi connectivity index (χ2v) is 5.66. The van der Waals surface area contributed by atoms with E-state index in [0.717, 1.165) is 24.3 Å². The molecule has 1 aliphatic rings. The molecule has 1 amide bonds. The fourth-order valence-electron chi connectivity index (χ4n) is 2.71. The lowest BCUT2D eigenvalue weighted by Gasteiger charge is -2.18. The van der Waals surface area contributed by atoms with E-state index < -0.39 is 0 Å². The molecule has 0 aromatic heterocycles. The van der Waals surface area contributed by atoms with Gasteiger partial charge in [-0.15, -0.1) is 12.4 Å². The second kappa shape index (κ2) is 9.70. The van der Waals surface area contributed by atoms with Crippen LogP contribution in [0.15, 0.2) is 24.3 Å². The van der Waals surface area contributed by atoms with Crippen LogP contribution in [-0.2, 0) is 11.3 Å². The lowest BCUT2D eigenvalue weighted by atomic mass is 10.1. The average molecular weight is 327 g/mol. The normalized spacial score (nSPS) is 16.9. The standard InChI is InChI=1S/C17H26N2O2.ClH/c1-3-21-16-9-6-14(7-10-16)13-19(2)17(20)11-8-15-5-4-12-18-15;/h6-7,9-10,15,18H,3-5,8,11-13H2,1-2H3;1H. The van der Waals surface area contributed by atoms with Gasteiger partial charge in [0.25, 0.3) is 0 Å². The Bertz CT molecular complexity index is 444. The molecule has 5 heteroatoms. The number of rotatable bonds is 7. The van der Waals surface area contributed by atoms with E-state index in [2.05, 4.69) is 5.32 Å². The molecular formula is C17H27ClN2O2. The highest BCUT2D eigenvalue weighted by Crippen LogP contribution is 2.15. The smallest absolute Gasteiger partial charge is 0.222 e. The molecule has 0 radical (unpaired) electrons. The van der Waals surface area contributed by atoms with Crippen molar-refractivity contribution in [2.24, 2.45) is 0 Å². The number of nitrogens with one attached hydrogen (secondary N) is 1. The first-order chi connectivity index (χ1) is 10.2. The number of carbonyl (C=O) groups is 1. The maximum Gasteiger partial charge on any atom is 0.222 e. The predicted molar refractivity (Wildman–Crippen MR) is 91.6 cm³/mol. The Hall–Kier alpha value is -1.26. The van der Waals surface area contributed by atoms with E-state index in [1.165, 1.54) is 12.8 Å². The van der Waals surface area contributed by atoms with Crippen LogP contribution in [0.4, 0.5) is 0 Å². The molecular weight excluding hydrogens is 300 g/mol. The lowest BCUT2D eigenvalue weighted by Crippen LogP contribution is -2.29. The molecule has 2 rings (SSSR count). The Labute approximate surface area is 139 Å². The van der Waals surface area contributed by atoms with E-state index in [9.17, 15) is 4.79 Å². The number of halogens is 1. The fraction of sp³-hybridized carbons (Fsp3) is 0.588. The van der Waals surface area contributed by atoms with Crippen LogP contribution in [0.25, 0.3) is 0 Å². The van der Waals surface area contributed by atoms with Crippen LogP contribution < -0.4 is 10.1 Å². The minimum Gasteiger partial charge on any atom is -0.494 e. The van der Waals surface area contributed by atoms with E-state index >= 15 is 0 Å². The summed E-state index contributed by atoms with van der Waals surface area (Å²) in [6, 6.07) is 8.49. The molecule has 1 N–H and O–H groups in total. The number of hydrogen-bond acceptors (Lipinski definition) is 3. The van der Waals surface area contributed by atoms with Crippen molar-refractivity contribution in [3.63, 3.8) is 0 Å². The quantitative estimate of drug-likeness (QED) is 0.837. The molecule has 0 bridgehead atoms. The molecule has 124 valence electrons. The van der Waals surface area contributed by atoms with Crippen LogP contribution in [0.3, 0.4) is 0 Å². The van der Waals surface area contributed by atoms with Gasteiger partial charge in [-0.2, -0.15) is 0 Å². The number of benzene rings is 1. The van der Waals surface area contributed by atoms with Gasteiger partial charge in [-0.25, -0.2) is 0 Å². The molecule has 1 aliphatic heterocycles. The monoisotopic (exact) mass is 326 g/mol. The highest BCUT2D eigenvalue weighted by molar-refractivity contribution is 5.85. The second-order valence-electron chi connectivity index (χ2n) is 5.66. The summed E-state index contributed by atoms with van der Waals surface area (Å²) in [7, 11) is 1.88. The number of hydrogen-bond donors (Lipinski definition) is 1. The van der Waals surface area contributed by atoms with Gasteiger partial charge in [-0.1, -0.05) is 12.1 Å². The number of nitrogens with zero attached hydrogens (tertiary/aromatic N) is 1. The van der Waals surface area contributed by atoms with Crippen LogP contribution in [0.5, 0.6) is 5.75 Å². The summed E-state index contributed by atoms with van der Waals surface area (Å²) in [5.41, 5.74) is 1.13. The maximum atomic E-state index is 12.1. The van der Waals surface area contributed by atoms with Crippen molar-refractivity contribution in [2.75, 3.05) is 20.2 Å². The third kappa shape index (κ3) is 5.85. The molecule has 1 aromatic rings. The average Bonchev–Trinajstić information content (AvgIpc) is 3.00. The molecule has 0 saturated carbocycles. The van der Waals surface area contributed by atoms with Crippen molar-refractivity contribution in [2.45, 2.75) is 45.2 Å². The fourth-order valence-corrected chi connectivity index (χ4v) is 2.71. The van der Waals surface area contributed by atoms with Crippen molar-refractivity contribution >= 4 is 18.3 Å². The zero-order valence-corrected chi connectivity index (χ0v) is 14.3. The Morgan fingerprint density at radius 2 is 2.09 bits per heavy atom. The Kier molecular flexibility index (Phi) is 8.28. The number of amides is 1. The third-order valence-electron chi connectivity index (χ3n) is 3.95. The zero-order chi connectivity index (χ0) is 15.1. The lowest BCUT2D eigenvalue weighted by molar-refractivity contribution is -0.130. The first kappa shape index (κ1) is 18.8. The highest BCUT2D eigenvalue weighted by atomic mass is 35.5.